The van der Waals surface area contributed by atoms with E-state index >= 15 is 0 Å². The van der Waals surface area contributed by atoms with Crippen molar-refractivity contribution in [1.29, 1.82) is 0 Å². The third-order valence-corrected chi connectivity index (χ3v) is 2.04. The standard InChI is InChI=1S/C9H7N6/c1-3-13-15(5-1)9-8(10-6-11-9)7-2-4-12-14-7/h1-5H,(H,10,11)(H,12,14). The topological polar surface area (TPSA) is 75.2 Å². The normalized spacial score (nSPS) is 10.7. The van der Waals surface area contributed by atoms with Crippen LogP contribution in [-0.2, 0) is 0 Å². The van der Waals surface area contributed by atoms with Crippen LogP contribution < -0.4 is 0 Å². The summed E-state index contributed by atoms with van der Waals surface area (Å²) in [5, 5.41) is 10.9. The fraction of sp³-hybridized carbons (Fsp3) is 0. The molecule has 0 aliphatic rings. The molecule has 15 heavy (non-hydrogen) atoms. The molecule has 0 unspecified atom stereocenters. The van der Waals surface area contributed by atoms with Crippen molar-refractivity contribution >= 4 is 0 Å². The van der Waals surface area contributed by atoms with Gasteiger partial charge in [0.2, 0.25) is 0 Å². The highest BCUT2D eigenvalue weighted by atomic mass is 15.3. The number of rotatable bonds is 2. The highest BCUT2D eigenvalue weighted by Crippen LogP contribution is 2.19. The fourth-order valence-corrected chi connectivity index (χ4v) is 1.39. The molecule has 2 N–H and O–H groups in total. The van der Waals surface area contributed by atoms with Gasteiger partial charge < -0.3 is 4.98 Å². The number of imidazole rings is 1. The van der Waals surface area contributed by atoms with Crippen molar-refractivity contribution in [3.63, 3.8) is 0 Å². The molecule has 6 heteroatoms. The molecule has 0 aliphatic carbocycles. The average molecular weight is 199 g/mol. The summed E-state index contributed by atoms with van der Waals surface area (Å²) in [4.78, 5) is 7.00. The first-order valence-corrected chi connectivity index (χ1v) is 4.41. The van der Waals surface area contributed by atoms with Crippen LogP contribution in [0.4, 0.5) is 0 Å². The van der Waals surface area contributed by atoms with Crippen LogP contribution in [0, 0.1) is 6.33 Å². The van der Waals surface area contributed by atoms with Crippen LogP contribution in [-0.4, -0.2) is 29.9 Å². The Kier molecular flexibility index (Phi) is 1.64. The second kappa shape index (κ2) is 3.09. The van der Waals surface area contributed by atoms with Crippen LogP contribution >= 0.6 is 0 Å². The summed E-state index contributed by atoms with van der Waals surface area (Å²) in [6.45, 7) is 0. The Balaban J connectivity index is 2.15. The Morgan fingerprint density at radius 3 is 3.13 bits per heavy atom. The van der Waals surface area contributed by atoms with Gasteiger partial charge in [-0.05, 0) is 12.1 Å². The highest BCUT2D eigenvalue weighted by Gasteiger charge is 2.11. The first kappa shape index (κ1) is 7.98. The van der Waals surface area contributed by atoms with E-state index in [0.29, 0.717) is 0 Å². The van der Waals surface area contributed by atoms with Crippen LogP contribution in [0.1, 0.15) is 0 Å². The minimum Gasteiger partial charge on any atom is -0.320 e. The van der Waals surface area contributed by atoms with Crippen molar-refractivity contribution in [2.24, 2.45) is 0 Å². The maximum absolute atomic E-state index is 4.12. The Hall–Kier alpha value is -2.37. The molecule has 0 spiro atoms. The molecule has 0 atom stereocenters. The monoisotopic (exact) mass is 199 g/mol. The summed E-state index contributed by atoms with van der Waals surface area (Å²) in [6.07, 6.45) is 7.97. The molecule has 1 radical (unpaired) electrons. The summed E-state index contributed by atoms with van der Waals surface area (Å²) in [7, 11) is 0. The van der Waals surface area contributed by atoms with Gasteiger partial charge in [-0.25, -0.2) is 9.67 Å². The van der Waals surface area contributed by atoms with Crippen molar-refractivity contribution in [3.05, 3.63) is 37.1 Å². The van der Waals surface area contributed by atoms with Crippen molar-refractivity contribution < 1.29 is 0 Å². The molecule has 3 aromatic rings. The van der Waals surface area contributed by atoms with Gasteiger partial charge in [-0.2, -0.15) is 10.2 Å². The minimum atomic E-state index is 0.722. The maximum Gasteiger partial charge on any atom is 0.176 e. The van der Waals surface area contributed by atoms with E-state index in [2.05, 4.69) is 31.6 Å². The van der Waals surface area contributed by atoms with Gasteiger partial charge in [0, 0.05) is 18.6 Å². The number of hydrogen-bond acceptors (Lipinski definition) is 3. The molecule has 3 rings (SSSR count). The van der Waals surface area contributed by atoms with E-state index in [-0.39, 0.29) is 0 Å². The van der Waals surface area contributed by atoms with Crippen molar-refractivity contribution in [2.75, 3.05) is 0 Å². The Bertz CT molecular complexity index is 484. The van der Waals surface area contributed by atoms with E-state index in [1.165, 1.54) is 0 Å². The molecule has 0 saturated heterocycles. The van der Waals surface area contributed by atoms with Gasteiger partial charge in [0.05, 0.1) is 0 Å². The molecule has 0 fully saturated rings. The Labute approximate surface area is 85.0 Å². The number of aromatic nitrogens is 6. The Morgan fingerprint density at radius 2 is 2.40 bits per heavy atom. The van der Waals surface area contributed by atoms with Gasteiger partial charge in [-0.15, -0.1) is 0 Å². The van der Waals surface area contributed by atoms with E-state index in [1.807, 2.05) is 18.3 Å². The molecule has 3 heterocycles. The molecule has 6 nitrogen and oxygen atoms in total. The second-order valence-corrected chi connectivity index (χ2v) is 2.96. The van der Waals surface area contributed by atoms with E-state index in [0.717, 1.165) is 17.2 Å². The lowest BCUT2D eigenvalue weighted by atomic mass is 10.3. The first-order valence-electron chi connectivity index (χ1n) is 4.41. The third-order valence-electron chi connectivity index (χ3n) is 2.04. The zero-order valence-corrected chi connectivity index (χ0v) is 7.68. The van der Waals surface area contributed by atoms with E-state index in [1.54, 1.807) is 17.1 Å². The van der Waals surface area contributed by atoms with Gasteiger partial charge in [0.1, 0.15) is 11.4 Å². The van der Waals surface area contributed by atoms with E-state index in [4.69, 9.17) is 0 Å². The Morgan fingerprint density at radius 1 is 1.40 bits per heavy atom. The molecule has 3 aromatic heterocycles. The smallest absolute Gasteiger partial charge is 0.176 e. The predicted octanol–water partition coefficient (Wildman–Crippen LogP) is 0.786. The predicted molar refractivity (Wildman–Crippen MR) is 52.1 cm³/mol. The van der Waals surface area contributed by atoms with Crippen molar-refractivity contribution in [1.82, 2.24) is 29.9 Å². The maximum atomic E-state index is 4.12. The summed E-state index contributed by atoms with van der Waals surface area (Å²) in [5.41, 5.74) is 1.48. The van der Waals surface area contributed by atoms with Gasteiger partial charge in [-0.1, -0.05) is 0 Å². The lowest BCUT2D eigenvalue weighted by Crippen LogP contribution is -1.97. The van der Waals surface area contributed by atoms with Crippen LogP contribution in [0.15, 0.2) is 30.7 Å². The molecule has 0 bridgehead atoms. The number of hydrogen-bond donors (Lipinski definition) is 2. The van der Waals surface area contributed by atoms with E-state index in [9.17, 15) is 0 Å². The highest BCUT2D eigenvalue weighted by molar-refractivity contribution is 5.62. The SMILES string of the molecule is [c]1nc(-c2cc[nH]n2)c(-n2cccn2)[nH]1. The molecular formula is C9H7N6. The van der Waals surface area contributed by atoms with Gasteiger partial charge in [0.25, 0.3) is 0 Å². The van der Waals surface area contributed by atoms with Crippen molar-refractivity contribution in [2.45, 2.75) is 0 Å². The third kappa shape index (κ3) is 1.23. The van der Waals surface area contributed by atoms with Gasteiger partial charge in [-0.3, -0.25) is 5.10 Å². The number of aromatic amines is 2. The zero-order valence-electron chi connectivity index (χ0n) is 7.68. The first-order chi connectivity index (χ1) is 7.45. The lowest BCUT2D eigenvalue weighted by molar-refractivity contribution is 0.854. The van der Waals surface area contributed by atoms with E-state index < -0.39 is 0 Å². The molecule has 0 aromatic carbocycles. The summed E-state index contributed by atoms with van der Waals surface area (Å²) < 4.78 is 1.69. The quantitative estimate of drug-likeness (QED) is 0.640. The van der Waals surface area contributed by atoms with Crippen LogP contribution in [0.25, 0.3) is 17.2 Å². The minimum absolute atomic E-state index is 0.722. The van der Waals surface area contributed by atoms with Crippen molar-refractivity contribution in [3.8, 4) is 17.2 Å². The number of nitrogens with one attached hydrogen (secondary N) is 2. The van der Waals surface area contributed by atoms with Crippen LogP contribution in [0.3, 0.4) is 0 Å². The number of nitrogens with zero attached hydrogens (tertiary/aromatic N) is 4. The van der Waals surface area contributed by atoms with Gasteiger partial charge >= 0.3 is 0 Å². The van der Waals surface area contributed by atoms with Crippen LogP contribution in [0.5, 0.6) is 0 Å². The fourth-order valence-electron chi connectivity index (χ4n) is 1.39. The second-order valence-electron chi connectivity index (χ2n) is 2.96. The molecule has 73 valence electrons. The summed E-state index contributed by atoms with van der Waals surface area (Å²) >= 11 is 0. The molecule has 0 amide bonds. The average Bonchev–Trinajstić information content (AvgIpc) is 3.01. The lowest BCUT2D eigenvalue weighted by Gasteiger charge is -1.98. The zero-order chi connectivity index (χ0) is 10.1. The molecular weight excluding hydrogens is 192 g/mol. The summed E-state index contributed by atoms with van der Waals surface area (Å²) in [6, 6.07) is 3.69. The molecule has 0 saturated carbocycles. The largest absolute Gasteiger partial charge is 0.320 e. The number of H-pyrrole nitrogens is 2. The van der Waals surface area contributed by atoms with Gasteiger partial charge in [0.15, 0.2) is 12.1 Å². The summed E-state index contributed by atoms with van der Waals surface area (Å²) in [5.74, 6) is 0.757. The van der Waals surface area contributed by atoms with Crippen LogP contribution in [0.2, 0.25) is 0 Å². The molecule has 0 aliphatic heterocycles.